The standard InChI is InChI=1S/C14H28N2O3S/c1-12(11-20(2,17)18)15-13-3-7-16(8-4-13)14-5-9-19-10-6-14/h12-15H,3-11H2,1-2H3. The van der Waals surface area contributed by atoms with Crippen LogP contribution in [0.2, 0.25) is 0 Å². The molecule has 0 amide bonds. The minimum absolute atomic E-state index is 0.0460. The molecule has 1 unspecified atom stereocenters. The van der Waals surface area contributed by atoms with Crippen molar-refractivity contribution < 1.29 is 13.2 Å². The quantitative estimate of drug-likeness (QED) is 0.808. The Balaban J connectivity index is 1.71. The van der Waals surface area contributed by atoms with Crippen molar-refractivity contribution in [1.29, 1.82) is 0 Å². The van der Waals surface area contributed by atoms with Crippen molar-refractivity contribution in [3.05, 3.63) is 0 Å². The lowest BCUT2D eigenvalue weighted by molar-refractivity contribution is 0.0235. The van der Waals surface area contributed by atoms with Crippen molar-refractivity contribution in [3.8, 4) is 0 Å². The fraction of sp³-hybridized carbons (Fsp3) is 1.00. The monoisotopic (exact) mass is 304 g/mol. The summed E-state index contributed by atoms with van der Waals surface area (Å²) in [5.41, 5.74) is 0. The van der Waals surface area contributed by atoms with E-state index >= 15 is 0 Å². The summed E-state index contributed by atoms with van der Waals surface area (Å²) in [5, 5.41) is 3.47. The molecule has 6 heteroatoms. The highest BCUT2D eigenvalue weighted by atomic mass is 32.2. The summed E-state index contributed by atoms with van der Waals surface area (Å²) in [7, 11) is -2.89. The molecule has 2 fully saturated rings. The van der Waals surface area contributed by atoms with Gasteiger partial charge in [0.05, 0.1) is 5.75 Å². The van der Waals surface area contributed by atoms with E-state index in [4.69, 9.17) is 4.74 Å². The van der Waals surface area contributed by atoms with Crippen LogP contribution in [0, 0.1) is 0 Å². The SMILES string of the molecule is CC(CS(C)(=O)=O)NC1CCN(C2CCOCC2)CC1. The predicted molar refractivity (Wildman–Crippen MR) is 80.7 cm³/mol. The lowest BCUT2D eigenvalue weighted by Crippen LogP contribution is -2.50. The van der Waals surface area contributed by atoms with Crippen molar-refractivity contribution >= 4 is 9.84 Å². The lowest BCUT2D eigenvalue weighted by Gasteiger charge is -2.40. The number of hydrogen-bond donors (Lipinski definition) is 1. The Kier molecular flexibility index (Phi) is 5.84. The summed E-state index contributed by atoms with van der Waals surface area (Å²) >= 11 is 0. The third kappa shape index (κ3) is 5.31. The van der Waals surface area contributed by atoms with Gasteiger partial charge in [-0.3, -0.25) is 0 Å². The predicted octanol–water partition coefficient (Wildman–Crippen LogP) is 0.653. The topological polar surface area (TPSA) is 58.6 Å². The van der Waals surface area contributed by atoms with E-state index < -0.39 is 9.84 Å². The Hall–Kier alpha value is -0.170. The average Bonchev–Trinajstić information content (AvgIpc) is 2.38. The van der Waals surface area contributed by atoms with Gasteiger partial charge in [0.1, 0.15) is 9.84 Å². The van der Waals surface area contributed by atoms with E-state index in [1.54, 1.807) is 0 Å². The fourth-order valence-electron chi connectivity index (χ4n) is 3.39. The average molecular weight is 304 g/mol. The van der Waals surface area contributed by atoms with Gasteiger partial charge < -0.3 is 15.0 Å². The van der Waals surface area contributed by atoms with Crippen LogP contribution in [0.1, 0.15) is 32.6 Å². The summed E-state index contributed by atoms with van der Waals surface area (Å²) < 4.78 is 28.0. The maximum absolute atomic E-state index is 11.3. The first kappa shape index (κ1) is 16.2. The van der Waals surface area contributed by atoms with E-state index in [0.29, 0.717) is 12.1 Å². The van der Waals surface area contributed by atoms with E-state index in [-0.39, 0.29) is 11.8 Å². The van der Waals surface area contributed by atoms with E-state index in [9.17, 15) is 8.42 Å². The molecule has 2 saturated heterocycles. The molecule has 118 valence electrons. The molecule has 0 aromatic heterocycles. The molecule has 0 aliphatic carbocycles. The molecule has 0 bridgehead atoms. The molecule has 2 aliphatic rings. The second-order valence-corrected chi connectivity index (χ2v) is 8.50. The highest BCUT2D eigenvalue weighted by Crippen LogP contribution is 2.20. The van der Waals surface area contributed by atoms with Crippen LogP contribution in [0.3, 0.4) is 0 Å². The van der Waals surface area contributed by atoms with Gasteiger partial charge in [-0.1, -0.05) is 0 Å². The minimum atomic E-state index is -2.89. The van der Waals surface area contributed by atoms with Gasteiger partial charge in [0.15, 0.2) is 0 Å². The normalized spacial score (nSPS) is 25.7. The summed E-state index contributed by atoms with van der Waals surface area (Å²) in [6.07, 6.45) is 5.85. The number of likely N-dealkylation sites (tertiary alicyclic amines) is 1. The van der Waals surface area contributed by atoms with Crippen LogP contribution < -0.4 is 5.32 Å². The molecule has 0 aromatic carbocycles. The number of sulfone groups is 1. The summed E-state index contributed by atoms with van der Waals surface area (Å²) in [4.78, 5) is 2.59. The van der Waals surface area contributed by atoms with Gasteiger partial charge in [0.2, 0.25) is 0 Å². The molecular formula is C14H28N2O3S. The summed E-state index contributed by atoms with van der Waals surface area (Å²) in [6.45, 7) is 6.00. The zero-order valence-electron chi connectivity index (χ0n) is 12.7. The molecule has 2 aliphatic heterocycles. The maximum atomic E-state index is 11.3. The highest BCUT2D eigenvalue weighted by molar-refractivity contribution is 7.90. The Morgan fingerprint density at radius 2 is 1.80 bits per heavy atom. The van der Waals surface area contributed by atoms with E-state index in [1.165, 1.54) is 6.26 Å². The summed E-state index contributed by atoms with van der Waals surface area (Å²) in [6, 6.07) is 1.20. The molecule has 2 rings (SSSR count). The number of nitrogens with zero attached hydrogens (tertiary/aromatic N) is 1. The number of piperidine rings is 1. The van der Waals surface area contributed by atoms with Crippen LogP contribution in [-0.4, -0.2) is 69.8 Å². The Morgan fingerprint density at radius 1 is 1.20 bits per heavy atom. The molecule has 0 aromatic rings. The molecule has 0 radical (unpaired) electrons. The third-order valence-electron chi connectivity index (χ3n) is 4.31. The van der Waals surface area contributed by atoms with Crippen molar-refractivity contribution in [2.75, 3.05) is 38.3 Å². The van der Waals surface area contributed by atoms with Crippen LogP contribution in [0.4, 0.5) is 0 Å². The first-order valence-corrected chi connectivity index (χ1v) is 9.75. The maximum Gasteiger partial charge on any atom is 0.148 e. The Labute approximate surface area is 123 Å². The zero-order valence-corrected chi connectivity index (χ0v) is 13.5. The molecule has 0 spiro atoms. The van der Waals surface area contributed by atoms with Crippen LogP contribution >= 0.6 is 0 Å². The first-order chi connectivity index (χ1) is 9.44. The Bertz CT molecular complexity index is 385. The molecular weight excluding hydrogens is 276 g/mol. The number of nitrogens with one attached hydrogen (secondary N) is 1. The second-order valence-electron chi connectivity index (χ2n) is 6.31. The Morgan fingerprint density at radius 3 is 2.35 bits per heavy atom. The van der Waals surface area contributed by atoms with Crippen LogP contribution in [-0.2, 0) is 14.6 Å². The fourth-order valence-corrected chi connectivity index (χ4v) is 4.39. The van der Waals surface area contributed by atoms with Gasteiger partial charge in [-0.2, -0.15) is 0 Å². The second kappa shape index (κ2) is 7.20. The third-order valence-corrected chi connectivity index (χ3v) is 5.42. The van der Waals surface area contributed by atoms with Crippen molar-refractivity contribution in [3.63, 3.8) is 0 Å². The van der Waals surface area contributed by atoms with Gasteiger partial charge in [-0.05, 0) is 45.7 Å². The lowest BCUT2D eigenvalue weighted by atomic mass is 9.99. The van der Waals surface area contributed by atoms with Crippen molar-refractivity contribution in [2.24, 2.45) is 0 Å². The smallest absolute Gasteiger partial charge is 0.148 e. The van der Waals surface area contributed by atoms with Crippen molar-refractivity contribution in [1.82, 2.24) is 10.2 Å². The molecule has 0 saturated carbocycles. The number of hydrogen-bond acceptors (Lipinski definition) is 5. The van der Waals surface area contributed by atoms with Crippen LogP contribution in [0.15, 0.2) is 0 Å². The van der Waals surface area contributed by atoms with Crippen LogP contribution in [0.25, 0.3) is 0 Å². The summed E-state index contributed by atoms with van der Waals surface area (Å²) in [5.74, 6) is 0.229. The minimum Gasteiger partial charge on any atom is -0.381 e. The molecule has 1 N–H and O–H groups in total. The van der Waals surface area contributed by atoms with Gasteiger partial charge in [0.25, 0.3) is 0 Å². The molecule has 20 heavy (non-hydrogen) atoms. The van der Waals surface area contributed by atoms with E-state index in [1.807, 2.05) is 6.92 Å². The molecule has 5 nitrogen and oxygen atoms in total. The zero-order chi connectivity index (χ0) is 14.6. The largest absolute Gasteiger partial charge is 0.381 e. The molecule has 2 heterocycles. The van der Waals surface area contributed by atoms with Crippen molar-refractivity contribution in [2.45, 2.75) is 50.7 Å². The van der Waals surface area contributed by atoms with Gasteiger partial charge in [0, 0.05) is 37.6 Å². The first-order valence-electron chi connectivity index (χ1n) is 7.69. The number of rotatable bonds is 5. The van der Waals surface area contributed by atoms with Gasteiger partial charge in [-0.15, -0.1) is 0 Å². The number of ether oxygens (including phenoxy) is 1. The highest BCUT2D eigenvalue weighted by Gasteiger charge is 2.27. The van der Waals surface area contributed by atoms with E-state index in [0.717, 1.165) is 52.0 Å². The van der Waals surface area contributed by atoms with Gasteiger partial charge >= 0.3 is 0 Å². The van der Waals surface area contributed by atoms with E-state index in [2.05, 4.69) is 10.2 Å². The molecule has 1 atom stereocenters. The van der Waals surface area contributed by atoms with Crippen LogP contribution in [0.5, 0.6) is 0 Å². The van der Waals surface area contributed by atoms with Gasteiger partial charge in [-0.25, -0.2) is 8.42 Å².